The van der Waals surface area contributed by atoms with Gasteiger partial charge in [-0.05, 0) is 22.9 Å². The highest BCUT2D eigenvalue weighted by Gasteiger charge is 2.26. The summed E-state index contributed by atoms with van der Waals surface area (Å²) in [7, 11) is -2.42. The molecule has 1 aromatic heterocycles. The molecule has 1 heterocycles. The summed E-state index contributed by atoms with van der Waals surface area (Å²) in [6.07, 6.45) is -0.303. The van der Waals surface area contributed by atoms with E-state index >= 15 is 0 Å². The van der Waals surface area contributed by atoms with Crippen LogP contribution in [0.2, 0.25) is 0 Å². The minimum Gasteiger partial charge on any atom is -0.481 e. The number of hydrogen-bond donors (Lipinski definition) is 2. The molecule has 96 valence electrons. The third-order valence-corrected chi connectivity index (χ3v) is 4.30. The van der Waals surface area contributed by atoms with Crippen molar-refractivity contribution in [3.05, 3.63) is 4.60 Å². The first-order valence-electron chi connectivity index (χ1n) is 4.53. The fourth-order valence-electron chi connectivity index (χ4n) is 1.23. The van der Waals surface area contributed by atoms with E-state index in [-0.39, 0.29) is 16.0 Å². The van der Waals surface area contributed by atoms with Crippen LogP contribution < -0.4 is 4.72 Å². The number of carboxylic acid groups (broad SMARTS) is 1. The van der Waals surface area contributed by atoms with Gasteiger partial charge < -0.3 is 5.11 Å². The lowest BCUT2D eigenvalue weighted by atomic mass is 10.3. The minimum atomic E-state index is -3.85. The van der Waals surface area contributed by atoms with Crippen molar-refractivity contribution in [3.8, 4) is 0 Å². The molecule has 1 rings (SSSR count). The van der Waals surface area contributed by atoms with Crippen molar-refractivity contribution in [2.24, 2.45) is 7.05 Å². The molecule has 0 fully saturated rings. The average molecular weight is 327 g/mol. The van der Waals surface area contributed by atoms with Gasteiger partial charge in [0.25, 0.3) is 10.0 Å². The maximum atomic E-state index is 11.9. The molecule has 0 aromatic carbocycles. The van der Waals surface area contributed by atoms with Crippen LogP contribution in [-0.2, 0) is 21.9 Å². The molecule has 0 aliphatic carbocycles. The van der Waals surface area contributed by atoms with Crippen molar-refractivity contribution in [2.75, 3.05) is 0 Å². The number of aromatic nitrogens is 3. The Morgan fingerprint density at radius 2 is 2.24 bits per heavy atom. The summed E-state index contributed by atoms with van der Waals surface area (Å²) in [6, 6.07) is -0.723. The lowest BCUT2D eigenvalue weighted by molar-refractivity contribution is -0.137. The number of sulfonamides is 1. The smallest absolute Gasteiger partial charge is 0.304 e. The average Bonchev–Trinajstić information content (AvgIpc) is 2.43. The van der Waals surface area contributed by atoms with E-state index in [1.165, 1.54) is 14.0 Å². The SMILES string of the molecule is CC(CC(=O)O)NS(=O)(=O)c1c(Br)nnn1C. The molecule has 0 bridgehead atoms. The highest BCUT2D eigenvalue weighted by atomic mass is 79.9. The molecule has 2 N–H and O–H groups in total. The Balaban J connectivity index is 2.94. The number of nitrogens with one attached hydrogen (secondary N) is 1. The summed E-state index contributed by atoms with van der Waals surface area (Å²) in [6.45, 7) is 1.46. The number of carbonyl (C=O) groups is 1. The Kier molecular flexibility index (Phi) is 4.22. The molecular weight excluding hydrogens is 316 g/mol. The number of nitrogens with zero attached hydrogens (tertiary/aromatic N) is 3. The molecule has 0 spiro atoms. The van der Waals surface area contributed by atoms with Gasteiger partial charge in [0.1, 0.15) is 0 Å². The van der Waals surface area contributed by atoms with Gasteiger partial charge in [-0.3, -0.25) is 4.79 Å². The van der Waals surface area contributed by atoms with Crippen LogP contribution in [0.5, 0.6) is 0 Å². The van der Waals surface area contributed by atoms with E-state index in [0.29, 0.717) is 0 Å². The van der Waals surface area contributed by atoms with E-state index in [2.05, 4.69) is 31.0 Å². The molecule has 0 aliphatic heterocycles. The van der Waals surface area contributed by atoms with E-state index in [4.69, 9.17) is 5.11 Å². The van der Waals surface area contributed by atoms with Crippen LogP contribution >= 0.6 is 15.9 Å². The van der Waals surface area contributed by atoms with Crippen LogP contribution in [-0.4, -0.2) is 40.5 Å². The first-order valence-corrected chi connectivity index (χ1v) is 6.81. The Bertz CT molecular complexity index is 506. The van der Waals surface area contributed by atoms with E-state index in [1.807, 2.05) is 0 Å². The first kappa shape index (κ1) is 14.1. The fourth-order valence-corrected chi connectivity index (χ4v) is 3.57. The second-order valence-electron chi connectivity index (χ2n) is 3.43. The molecule has 0 saturated heterocycles. The van der Waals surface area contributed by atoms with Gasteiger partial charge in [0.05, 0.1) is 6.42 Å². The zero-order valence-corrected chi connectivity index (χ0v) is 11.5. The minimum absolute atomic E-state index is 0.0787. The van der Waals surface area contributed by atoms with Gasteiger partial charge in [-0.2, -0.15) is 0 Å². The van der Waals surface area contributed by atoms with Gasteiger partial charge in [-0.1, -0.05) is 5.21 Å². The van der Waals surface area contributed by atoms with Gasteiger partial charge in [0, 0.05) is 13.1 Å². The quantitative estimate of drug-likeness (QED) is 0.769. The van der Waals surface area contributed by atoms with Crippen molar-refractivity contribution >= 4 is 31.9 Å². The Hall–Kier alpha value is -1.00. The Morgan fingerprint density at radius 3 is 2.65 bits per heavy atom. The van der Waals surface area contributed by atoms with Crippen LogP contribution in [0.3, 0.4) is 0 Å². The molecule has 0 aliphatic rings. The van der Waals surface area contributed by atoms with E-state index < -0.39 is 22.0 Å². The second-order valence-corrected chi connectivity index (χ2v) is 5.81. The van der Waals surface area contributed by atoms with Crippen LogP contribution in [0.15, 0.2) is 9.63 Å². The summed E-state index contributed by atoms with van der Waals surface area (Å²) in [5.74, 6) is -1.08. The zero-order valence-electron chi connectivity index (χ0n) is 9.08. The Morgan fingerprint density at radius 1 is 1.65 bits per heavy atom. The third kappa shape index (κ3) is 3.48. The molecule has 0 saturated carbocycles. The Labute approximate surface area is 106 Å². The summed E-state index contributed by atoms with van der Waals surface area (Å²) in [4.78, 5) is 10.4. The monoisotopic (exact) mass is 326 g/mol. The van der Waals surface area contributed by atoms with E-state index in [1.54, 1.807) is 0 Å². The van der Waals surface area contributed by atoms with Crippen LogP contribution in [0.1, 0.15) is 13.3 Å². The predicted molar refractivity (Wildman–Crippen MR) is 60.7 cm³/mol. The summed E-state index contributed by atoms with van der Waals surface area (Å²) in [5, 5.41) is 15.5. The van der Waals surface area contributed by atoms with E-state index in [0.717, 1.165) is 4.68 Å². The number of aryl methyl sites for hydroxylation is 1. The number of carboxylic acids is 1. The molecule has 1 unspecified atom stereocenters. The summed E-state index contributed by atoms with van der Waals surface area (Å²) in [5.41, 5.74) is 0. The molecule has 17 heavy (non-hydrogen) atoms. The van der Waals surface area contributed by atoms with Crippen LogP contribution in [0, 0.1) is 0 Å². The second kappa shape index (κ2) is 5.10. The van der Waals surface area contributed by atoms with Crippen LogP contribution in [0.4, 0.5) is 0 Å². The maximum Gasteiger partial charge on any atom is 0.304 e. The molecule has 1 atom stereocenters. The summed E-state index contributed by atoms with van der Waals surface area (Å²) < 4.78 is 27.2. The topological polar surface area (TPSA) is 114 Å². The molecular formula is C7H11BrN4O4S. The zero-order chi connectivity index (χ0) is 13.2. The third-order valence-electron chi connectivity index (χ3n) is 1.83. The first-order chi connectivity index (χ1) is 7.74. The van der Waals surface area contributed by atoms with Gasteiger partial charge in [0.15, 0.2) is 4.60 Å². The molecule has 8 nitrogen and oxygen atoms in total. The lowest BCUT2D eigenvalue weighted by Gasteiger charge is -2.11. The number of rotatable bonds is 5. The standard InChI is InChI=1S/C7H11BrN4O4S/c1-4(3-5(13)14)10-17(15,16)7-6(8)9-11-12(7)2/h4,10H,3H2,1-2H3,(H,13,14). The number of halogens is 1. The largest absolute Gasteiger partial charge is 0.481 e. The van der Waals surface area contributed by atoms with Crippen molar-refractivity contribution < 1.29 is 18.3 Å². The molecule has 10 heteroatoms. The number of hydrogen-bond acceptors (Lipinski definition) is 5. The highest BCUT2D eigenvalue weighted by molar-refractivity contribution is 9.10. The fraction of sp³-hybridized carbons (Fsp3) is 0.571. The normalized spacial score (nSPS) is 13.6. The maximum absolute atomic E-state index is 11.9. The lowest BCUT2D eigenvalue weighted by Crippen LogP contribution is -2.35. The van der Waals surface area contributed by atoms with E-state index in [9.17, 15) is 13.2 Å². The predicted octanol–water partition coefficient (Wildman–Crippen LogP) is -0.281. The van der Waals surface area contributed by atoms with Gasteiger partial charge >= 0.3 is 5.97 Å². The van der Waals surface area contributed by atoms with Crippen molar-refractivity contribution in [1.82, 2.24) is 19.7 Å². The van der Waals surface area contributed by atoms with Crippen molar-refractivity contribution in [1.29, 1.82) is 0 Å². The molecule has 1 aromatic rings. The van der Waals surface area contributed by atoms with Gasteiger partial charge in [0.2, 0.25) is 5.03 Å². The summed E-state index contributed by atoms with van der Waals surface area (Å²) >= 11 is 2.96. The van der Waals surface area contributed by atoms with Crippen molar-refractivity contribution in [3.63, 3.8) is 0 Å². The van der Waals surface area contributed by atoms with Crippen molar-refractivity contribution in [2.45, 2.75) is 24.4 Å². The van der Waals surface area contributed by atoms with Crippen LogP contribution in [0.25, 0.3) is 0 Å². The van der Waals surface area contributed by atoms with Gasteiger partial charge in [-0.15, -0.1) is 5.10 Å². The number of aliphatic carboxylic acids is 1. The van der Waals surface area contributed by atoms with Gasteiger partial charge in [-0.25, -0.2) is 17.8 Å². The molecule has 0 amide bonds. The molecule has 0 radical (unpaired) electrons. The highest BCUT2D eigenvalue weighted by Crippen LogP contribution is 2.18.